The normalized spacial score (nSPS) is 17.8. The molecule has 1 aromatic carbocycles. The van der Waals surface area contributed by atoms with E-state index < -0.39 is 5.41 Å². The van der Waals surface area contributed by atoms with E-state index in [1.807, 2.05) is 24.3 Å². The van der Waals surface area contributed by atoms with Crippen LogP contribution in [-0.4, -0.2) is 18.9 Å². The average Bonchev–Trinajstić information content (AvgIpc) is 2.24. The summed E-state index contributed by atoms with van der Waals surface area (Å²) in [6.07, 6.45) is 0.477. The van der Waals surface area contributed by atoms with Crippen molar-refractivity contribution in [3.05, 3.63) is 34.3 Å². The summed E-state index contributed by atoms with van der Waals surface area (Å²) in [7, 11) is 1.35. The highest BCUT2D eigenvalue weighted by atomic mass is 79.9. The average molecular weight is 283 g/mol. The molecule has 0 radical (unpaired) electrons. The summed E-state index contributed by atoms with van der Waals surface area (Å²) in [5.74, 6) is -0.236. The van der Waals surface area contributed by atoms with Crippen molar-refractivity contribution in [2.45, 2.75) is 18.3 Å². The molecule has 1 aliphatic carbocycles. The molecule has 0 unspecified atom stereocenters. The Morgan fingerprint density at radius 1 is 1.38 bits per heavy atom. The third kappa shape index (κ3) is 1.57. The fraction of sp³-hybridized carbons (Fsp3) is 0.333. The van der Waals surface area contributed by atoms with Gasteiger partial charge in [0.15, 0.2) is 0 Å². The Kier molecular flexibility index (Phi) is 2.84. The SMILES string of the molecule is COC(=O)C1(c2ccccc2Br)CC(=O)C1. The molecule has 4 heteroatoms. The molecule has 1 aromatic rings. The van der Waals surface area contributed by atoms with E-state index in [4.69, 9.17) is 4.74 Å². The molecule has 0 heterocycles. The monoisotopic (exact) mass is 282 g/mol. The van der Waals surface area contributed by atoms with Crippen LogP contribution in [0.5, 0.6) is 0 Å². The minimum absolute atomic E-state index is 0.0983. The Morgan fingerprint density at radius 3 is 2.50 bits per heavy atom. The highest BCUT2D eigenvalue weighted by molar-refractivity contribution is 9.10. The zero-order valence-electron chi connectivity index (χ0n) is 8.83. The van der Waals surface area contributed by atoms with E-state index in [2.05, 4.69) is 15.9 Å². The maximum absolute atomic E-state index is 11.8. The number of carbonyl (C=O) groups is 2. The number of benzene rings is 1. The first-order chi connectivity index (χ1) is 7.60. The molecule has 0 bridgehead atoms. The smallest absolute Gasteiger partial charge is 0.317 e. The van der Waals surface area contributed by atoms with E-state index in [1.165, 1.54) is 7.11 Å². The number of esters is 1. The molecule has 0 aromatic heterocycles. The second-order valence-corrected chi connectivity index (χ2v) is 4.80. The van der Waals surface area contributed by atoms with Crippen molar-refractivity contribution >= 4 is 27.7 Å². The molecule has 0 atom stereocenters. The standard InChI is InChI=1S/C12H11BrO3/c1-16-11(15)12(6-8(14)7-12)9-4-2-3-5-10(9)13/h2-5H,6-7H2,1H3. The highest BCUT2D eigenvalue weighted by Crippen LogP contribution is 2.44. The van der Waals surface area contributed by atoms with Gasteiger partial charge < -0.3 is 4.74 Å². The first-order valence-electron chi connectivity index (χ1n) is 4.95. The van der Waals surface area contributed by atoms with Gasteiger partial charge in [0.25, 0.3) is 0 Å². The predicted octanol–water partition coefficient (Wildman–Crippen LogP) is 2.22. The fourth-order valence-electron chi connectivity index (χ4n) is 2.11. The van der Waals surface area contributed by atoms with Crippen molar-refractivity contribution in [3.8, 4) is 0 Å². The lowest BCUT2D eigenvalue weighted by Gasteiger charge is -2.38. The summed E-state index contributed by atoms with van der Waals surface area (Å²) in [5, 5.41) is 0. The van der Waals surface area contributed by atoms with Crippen molar-refractivity contribution in [1.29, 1.82) is 0 Å². The Bertz CT molecular complexity index is 445. The summed E-state index contributed by atoms with van der Waals surface area (Å²) in [5.41, 5.74) is 0.0628. The quantitative estimate of drug-likeness (QED) is 0.782. The molecule has 1 saturated carbocycles. The van der Waals surface area contributed by atoms with Crippen molar-refractivity contribution in [2.24, 2.45) is 0 Å². The number of ether oxygens (including phenoxy) is 1. The first-order valence-corrected chi connectivity index (χ1v) is 5.74. The van der Waals surface area contributed by atoms with Gasteiger partial charge in [0.05, 0.1) is 7.11 Å². The van der Waals surface area contributed by atoms with Gasteiger partial charge >= 0.3 is 5.97 Å². The lowest BCUT2D eigenvalue weighted by Crippen LogP contribution is -2.49. The van der Waals surface area contributed by atoms with E-state index in [0.717, 1.165) is 10.0 Å². The topological polar surface area (TPSA) is 43.4 Å². The van der Waals surface area contributed by atoms with Crippen LogP contribution in [0.4, 0.5) is 0 Å². The second-order valence-electron chi connectivity index (χ2n) is 3.95. The van der Waals surface area contributed by atoms with Crippen LogP contribution < -0.4 is 0 Å². The molecule has 3 nitrogen and oxygen atoms in total. The summed E-state index contributed by atoms with van der Waals surface area (Å²) in [6, 6.07) is 7.45. The lowest BCUT2D eigenvalue weighted by molar-refractivity contribution is -0.156. The van der Waals surface area contributed by atoms with Crippen LogP contribution in [0.15, 0.2) is 28.7 Å². The van der Waals surface area contributed by atoms with Crippen molar-refractivity contribution < 1.29 is 14.3 Å². The van der Waals surface area contributed by atoms with Gasteiger partial charge in [-0.15, -0.1) is 0 Å². The Morgan fingerprint density at radius 2 is 2.00 bits per heavy atom. The summed E-state index contributed by atoms with van der Waals surface area (Å²) in [6.45, 7) is 0. The van der Waals surface area contributed by atoms with Gasteiger partial charge in [-0.2, -0.15) is 0 Å². The summed E-state index contributed by atoms with van der Waals surface area (Å²) >= 11 is 3.41. The summed E-state index contributed by atoms with van der Waals surface area (Å²) in [4.78, 5) is 23.0. The number of ketones is 1. The maximum Gasteiger partial charge on any atom is 0.317 e. The van der Waals surface area contributed by atoms with E-state index >= 15 is 0 Å². The van der Waals surface area contributed by atoms with Crippen molar-refractivity contribution in [3.63, 3.8) is 0 Å². The van der Waals surface area contributed by atoms with Gasteiger partial charge in [-0.25, -0.2) is 0 Å². The van der Waals surface area contributed by atoms with Gasteiger partial charge in [0, 0.05) is 17.3 Å². The van der Waals surface area contributed by atoms with Crippen LogP contribution in [0.3, 0.4) is 0 Å². The number of halogens is 1. The number of hydrogen-bond donors (Lipinski definition) is 0. The lowest BCUT2D eigenvalue weighted by atomic mass is 9.63. The van der Waals surface area contributed by atoms with Gasteiger partial charge in [0.1, 0.15) is 11.2 Å². The number of rotatable bonds is 2. The third-order valence-corrected chi connectivity index (χ3v) is 3.65. The zero-order valence-corrected chi connectivity index (χ0v) is 10.4. The van der Waals surface area contributed by atoms with Gasteiger partial charge in [-0.1, -0.05) is 34.1 Å². The van der Waals surface area contributed by atoms with Gasteiger partial charge in [0.2, 0.25) is 0 Å². The maximum atomic E-state index is 11.8. The van der Waals surface area contributed by atoms with Gasteiger partial charge in [-0.3, -0.25) is 9.59 Å². The Balaban J connectivity index is 2.46. The third-order valence-electron chi connectivity index (χ3n) is 2.96. The van der Waals surface area contributed by atoms with E-state index in [9.17, 15) is 9.59 Å². The molecule has 0 spiro atoms. The molecule has 84 valence electrons. The minimum Gasteiger partial charge on any atom is -0.468 e. The minimum atomic E-state index is -0.772. The van der Waals surface area contributed by atoms with Crippen molar-refractivity contribution in [2.75, 3.05) is 7.11 Å². The molecule has 1 fully saturated rings. The van der Waals surface area contributed by atoms with Crippen LogP contribution in [-0.2, 0) is 19.7 Å². The molecule has 16 heavy (non-hydrogen) atoms. The zero-order chi connectivity index (χ0) is 11.8. The number of methoxy groups -OCH3 is 1. The largest absolute Gasteiger partial charge is 0.468 e. The van der Waals surface area contributed by atoms with Crippen molar-refractivity contribution in [1.82, 2.24) is 0 Å². The molecule has 0 N–H and O–H groups in total. The van der Waals surface area contributed by atoms with E-state index in [1.54, 1.807) is 0 Å². The van der Waals surface area contributed by atoms with E-state index in [-0.39, 0.29) is 24.6 Å². The second kappa shape index (κ2) is 4.01. The molecule has 1 aliphatic rings. The summed E-state index contributed by atoms with van der Waals surface area (Å²) < 4.78 is 5.64. The fourth-order valence-corrected chi connectivity index (χ4v) is 2.78. The van der Waals surface area contributed by atoms with E-state index in [0.29, 0.717) is 0 Å². The molecular weight excluding hydrogens is 272 g/mol. The van der Waals surface area contributed by atoms with Crippen LogP contribution in [0.2, 0.25) is 0 Å². The van der Waals surface area contributed by atoms with Gasteiger partial charge in [-0.05, 0) is 11.6 Å². The molecule has 0 saturated heterocycles. The molecule has 2 rings (SSSR count). The predicted molar refractivity (Wildman–Crippen MR) is 62.1 cm³/mol. The number of hydrogen-bond acceptors (Lipinski definition) is 3. The van der Waals surface area contributed by atoms with Crippen LogP contribution in [0, 0.1) is 0 Å². The molecular formula is C12H11BrO3. The van der Waals surface area contributed by atoms with Crippen LogP contribution in [0.1, 0.15) is 18.4 Å². The van der Waals surface area contributed by atoms with Crippen LogP contribution in [0.25, 0.3) is 0 Å². The van der Waals surface area contributed by atoms with Crippen LogP contribution >= 0.6 is 15.9 Å². The Labute approximate surface area is 102 Å². The molecule has 0 amide bonds. The first kappa shape index (κ1) is 11.3. The highest BCUT2D eigenvalue weighted by Gasteiger charge is 2.52. The Hall–Kier alpha value is -1.16. The number of Topliss-reactive ketones (excluding diaryl/α,β-unsaturated/α-hetero) is 1. The molecule has 0 aliphatic heterocycles. The number of carbonyl (C=O) groups excluding carboxylic acids is 2.